The van der Waals surface area contributed by atoms with Gasteiger partial charge in [0.25, 0.3) is 0 Å². The predicted molar refractivity (Wildman–Crippen MR) is 99.3 cm³/mol. The minimum atomic E-state index is -0.0785. The molecule has 0 aliphatic rings. The Bertz CT molecular complexity index is 654. The SMILES string of the molecule is CNCCCc1cccc(-c2cccc(/C=N/C(C)(C)C)n2)c1. The van der Waals surface area contributed by atoms with E-state index in [2.05, 4.69) is 61.4 Å². The maximum absolute atomic E-state index is 4.72. The largest absolute Gasteiger partial charge is 0.320 e. The quantitative estimate of drug-likeness (QED) is 0.644. The number of rotatable bonds is 6. The van der Waals surface area contributed by atoms with Crippen LogP contribution >= 0.6 is 0 Å². The van der Waals surface area contributed by atoms with Gasteiger partial charge in [0.05, 0.1) is 16.9 Å². The van der Waals surface area contributed by atoms with E-state index in [1.807, 2.05) is 25.4 Å². The zero-order valence-electron chi connectivity index (χ0n) is 14.6. The molecule has 3 nitrogen and oxygen atoms in total. The highest BCUT2D eigenvalue weighted by Crippen LogP contribution is 2.19. The van der Waals surface area contributed by atoms with E-state index in [1.54, 1.807) is 0 Å². The number of nitrogens with zero attached hydrogens (tertiary/aromatic N) is 2. The molecule has 0 unspecified atom stereocenters. The van der Waals surface area contributed by atoms with Gasteiger partial charge in [0.1, 0.15) is 0 Å². The fourth-order valence-electron chi connectivity index (χ4n) is 2.30. The van der Waals surface area contributed by atoms with E-state index in [-0.39, 0.29) is 5.54 Å². The molecule has 1 aromatic heterocycles. The van der Waals surface area contributed by atoms with Crippen LogP contribution in [0, 0.1) is 0 Å². The Labute approximate surface area is 139 Å². The molecule has 0 amide bonds. The summed E-state index contributed by atoms with van der Waals surface area (Å²) in [6, 6.07) is 14.7. The van der Waals surface area contributed by atoms with Gasteiger partial charge in [-0.25, -0.2) is 4.98 Å². The summed E-state index contributed by atoms with van der Waals surface area (Å²) in [5.74, 6) is 0. The summed E-state index contributed by atoms with van der Waals surface area (Å²) in [7, 11) is 1.99. The van der Waals surface area contributed by atoms with Crippen LogP contribution in [0.4, 0.5) is 0 Å². The molecular formula is C20H27N3. The van der Waals surface area contributed by atoms with Gasteiger partial charge in [-0.15, -0.1) is 0 Å². The average Bonchev–Trinajstić information content (AvgIpc) is 2.53. The lowest BCUT2D eigenvalue weighted by molar-refractivity contribution is 0.586. The molecule has 0 radical (unpaired) electrons. The Balaban J connectivity index is 2.18. The van der Waals surface area contributed by atoms with Crippen molar-refractivity contribution in [2.24, 2.45) is 4.99 Å². The molecule has 0 fully saturated rings. The van der Waals surface area contributed by atoms with Gasteiger partial charge in [0, 0.05) is 11.8 Å². The number of aromatic nitrogens is 1. The summed E-state index contributed by atoms with van der Waals surface area (Å²) in [6.07, 6.45) is 4.09. The summed E-state index contributed by atoms with van der Waals surface area (Å²) < 4.78 is 0. The van der Waals surface area contributed by atoms with Gasteiger partial charge in [-0.1, -0.05) is 24.3 Å². The molecule has 0 bridgehead atoms. The zero-order chi connectivity index (χ0) is 16.7. The summed E-state index contributed by atoms with van der Waals surface area (Å²) in [4.78, 5) is 9.26. The van der Waals surface area contributed by atoms with Crippen molar-refractivity contribution in [1.29, 1.82) is 0 Å². The van der Waals surface area contributed by atoms with Gasteiger partial charge in [-0.2, -0.15) is 0 Å². The van der Waals surface area contributed by atoms with Gasteiger partial charge in [-0.3, -0.25) is 4.99 Å². The second-order valence-corrected chi connectivity index (χ2v) is 6.78. The molecule has 0 aliphatic carbocycles. The van der Waals surface area contributed by atoms with E-state index in [1.165, 1.54) is 5.56 Å². The summed E-state index contributed by atoms with van der Waals surface area (Å²) in [5, 5.41) is 3.19. The summed E-state index contributed by atoms with van der Waals surface area (Å²) >= 11 is 0. The van der Waals surface area contributed by atoms with Crippen molar-refractivity contribution in [3.63, 3.8) is 0 Å². The summed E-state index contributed by atoms with van der Waals surface area (Å²) in [5.41, 5.74) is 4.34. The molecule has 1 aromatic carbocycles. The van der Waals surface area contributed by atoms with Crippen molar-refractivity contribution in [3.05, 3.63) is 53.7 Å². The number of aryl methyl sites for hydroxylation is 1. The third kappa shape index (κ3) is 5.95. The first-order chi connectivity index (χ1) is 11.0. The zero-order valence-corrected chi connectivity index (χ0v) is 14.6. The molecule has 3 heteroatoms. The summed E-state index contributed by atoms with van der Waals surface area (Å²) in [6.45, 7) is 7.30. The molecule has 1 N–H and O–H groups in total. The number of aliphatic imine (C=N–C) groups is 1. The van der Waals surface area contributed by atoms with Crippen LogP contribution in [0.2, 0.25) is 0 Å². The molecule has 0 saturated carbocycles. The first kappa shape index (κ1) is 17.4. The molecule has 0 spiro atoms. The average molecular weight is 309 g/mol. The van der Waals surface area contributed by atoms with E-state index >= 15 is 0 Å². The van der Waals surface area contributed by atoms with Crippen LogP contribution < -0.4 is 5.32 Å². The second-order valence-electron chi connectivity index (χ2n) is 6.78. The third-order valence-electron chi connectivity index (χ3n) is 3.47. The second kappa shape index (κ2) is 8.02. The van der Waals surface area contributed by atoms with Crippen molar-refractivity contribution in [3.8, 4) is 11.3 Å². The van der Waals surface area contributed by atoms with Gasteiger partial charge >= 0.3 is 0 Å². The number of nitrogens with one attached hydrogen (secondary N) is 1. The third-order valence-corrected chi connectivity index (χ3v) is 3.47. The van der Waals surface area contributed by atoms with Gasteiger partial charge in [0.2, 0.25) is 0 Å². The van der Waals surface area contributed by atoms with Crippen LogP contribution in [0.5, 0.6) is 0 Å². The number of benzene rings is 1. The minimum absolute atomic E-state index is 0.0785. The van der Waals surface area contributed by atoms with E-state index in [0.29, 0.717) is 0 Å². The molecule has 0 saturated heterocycles. The normalized spacial score (nSPS) is 12.0. The molecule has 2 rings (SSSR count). The Morgan fingerprint density at radius 3 is 2.65 bits per heavy atom. The smallest absolute Gasteiger partial charge is 0.0815 e. The fourth-order valence-corrected chi connectivity index (χ4v) is 2.30. The van der Waals surface area contributed by atoms with Crippen molar-refractivity contribution in [2.75, 3.05) is 13.6 Å². The van der Waals surface area contributed by atoms with Crippen molar-refractivity contribution in [2.45, 2.75) is 39.2 Å². The minimum Gasteiger partial charge on any atom is -0.320 e. The van der Waals surface area contributed by atoms with Crippen molar-refractivity contribution < 1.29 is 0 Å². The Hall–Kier alpha value is -2.00. The highest BCUT2D eigenvalue weighted by atomic mass is 14.8. The molecule has 2 aromatic rings. The van der Waals surface area contributed by atoms with Gasteiger partial charge in [-0.05, 0) is 71.0 Å². The highest BCUT2D eigenvalue weighted by Gasteiger charge is 2.06. The first-order valence-electron chi connectivity index (χ1n) is 8.24. The molecular weight excluding hydrogens is 282 g/mol. The number of hydrogen-bond donors (Lipinski definition) is 1. The van der Waals surface area contributed by atoms with E-state index < -0.39 is 0 Å². The maximum Gasteiger partial charge on any atom is 0.0815 e. The van der Waals surface area contributed by atoms with Crippen molar-refractivity contribution >= 4 is 6.21 Å². The standard InChI is InChI=1S/C20H27N3/c1-20(2,3)22-15-18-11-6-12-19(23-18)17-10-5-8-16(14-17)9-7-13-21-4/h5-6,8,10-12,14-15,21H,7,9,13H2,1-4H3/b22-15+. The van der Waals surface area contributed by atoms with Gasteiger partial charge < -0.3 is 5.32 Å². The van der Waals surface area contributed by atoms with Crippen LogP contribution in [-0.2, 0) is 6.42 Å². The molecule has 0 aliphatic heterocycles. The Morgan fingerprint density at radius 1 is 1.13 bits per heavy atom. The lowest BCUT2D eigenvalue weighted by Crippen LogP contribution is -2.10. The van der Waals surface area contributed by atoms with Crippen LogP contribution in [0.1, 0.15) is 38.4 Å². The lowest BCUT2D eigenvalue weighted by atomic mass is 10.0. The van der Waals surface area contributed by atoms with Crippen LogP contribution in [-0.4, -0.2) is 30.3 Å². The van der Waals surface area contributed by atoms with Gasteiger partial charge in [0.15, 0.2) is 0 Å². The lowest BCUT2D eigenvalue weighted by Gasteiger charge is -2.11. The Morgan fingerprint density at radius 2 is 1.91 bits per heavy atom. The van der Waals surface area contributed by atoms with E-state index in [0.717, 1.165) is 36.3 Å². The monoisotopic (exact) mass is 309 g/mol. The van der Waals surface area contributed by atoms with Crippen LogP contribution in [0.25, 0.3) is 11.3 Å². The fraction of sp³-hybridized carbons (Fsp3) is 0.400. The number of pyridine rings is 1. The number of hydrogen-bond acceptors (Lipinski definition) is 3. The molecule has 23 heavy (non-hydrogen) atoms. The molecule has 122 valence electrons. The highest BCUT2D eigenvalue weighted by molar-refractivity contribution is 5.78. The Kier molecular flexibility index (Phi) is 6.05. The van der Waals surface area contributed by atoms with Crippen LogP contribution in [0.15, 0.2) is 47.5 Å². The topological polar surface area (TPSA) is 37.3 Å². The first-order valence-corrected chi connectivity index (χ1v) is 8.24. The molecule has 1 heterocycles. The van der Waals surface area contributed by atoms with Crippen LogP contribution in [0.3, 0.4) is 0 Å². The van der Waals surface area contributed by atoms with Crippen molar-refractivity contribution in [1.82, 2.24) is 10.3 Å². The van der Waals surface area contributed by atoms with E-state index in [9.17, 15) is 0 Å². The predicted octanol–water partition coefficient (Wildman–Crippen LogP) is 4.12. The maximum atomic E-state index is 4.72. The van der Waals surface area contributed by atoms with E-state index in [4.69, 9.17) is 4.98 Å². The molecule has 0 atom stereocenters.